The van der Waals surface area contributed by atoms with Crippen LogP contribution in [0.4, 0.5) is 0 Å². The van der Waals surface area contributed by atoms with Gasteiger partial charge in [0.05, 0.1) is 0 Å². The van der Waals surface area contributed by atoms with E-state index in [9.17, 15) is 0 Å². The summed E-state index contributed by atoms with van der Waals surface area (Å²) in [5.41, 5.74) is 2.27. The fraction of sp³-hybridized carbons (Fsp3) is 0.571. The van der Waals surface area contributed by atoms with E-state index in [1.54, 1.807) is 0 Å². The molecule has 86 valence electrons. The number of nitrogens with zero attached hydrogens (tertiary/aromatic N) is 1. The Balaban J connectivity index is 0.000000921. The first kappa shape index (κ1) is 14.2. The first-order chi connectivity index (χ1) is 7.18. The van der Waals surface area contributed by atoms with Gasteiger partial charge in [0.15, 0.2) is 0 Å². The predicted molar refractivity (Wildman–Crippen MR) is 70.1 cm³/mol. The molecule has 1 aliphatic rings. The van der Waals surface area contributed by atoms with Crippen molar-refractivity contribution in [2.24, 2.45) is 0 Å². The van der Waals surface area contributed by atoms with Crippen molar-refractivity contribution in [2.75, 3.05) is 19.6 Å². The molecule has 0 unspecified atom stereocenters. The molecule has 0 aromatic carbocycles. The fourth-order valence-corrected chi connectivity index (χ4v) is 1.54. The van der Waals surface area contributed by atoms with Crippen molar-refractivity contribution in [1.29, 1.82) is 0 Å². The quantitative estimate of drug-likeness (QED) is 0.634. The minimum Gasteiger partial charge on any atom is -0.299 e. The summed E-state index contributed by atoms with van der Waals surface area (Å²) >= 11 is 0. The molecule has 0 aromatic rings. The molecule has 0 N–H and O–H groups in total. The predicted octanol–water partition coefficient (Wildman–Crippen LogP) is 3.80. The second-order valence-electron chi connectivity index (χ2n) is 3.82. The zero-order valence-electron chi connectivity index (χ0n) is 10.6. The summed E-state index contributed by atoms with van der Waals surface area (Å²) in [7, 11) is 0. The standard InChI is InChI=1S/C12H19N.C2H6/c1-11(2)6-7-12(3)10-13-8-4-5-9-13;1-2/h6-7H,1,3-5,8-10H2,2H3;1-2H3/b7-6-;. The second-order valence-corrected chi connectivity index (χ2v) is 3.82. The van der Waals surface area contributed by atoms with Crippen molar-refractivity contribution in [1.82, 2.24) is 4.90 Å². The van der Waals surface area contributed by atoms with E-state index in [2.05, 4.69) is 24.1 Å². The lowest BCUT2D eigenvalue weighted by Gasteiger charge is -2.13. The number of hydrogen-bond donors (Lipinski definition) is 0. The lowest BCUT2D eigenvalue weighted by molar-refractivity contribution is 0.372. The van der Waals surface area contributed by atoms with Crippen LogP contribution in [0.1, 0.15) is 33.6 Å². The number of rotatable bonds is 4. The van der Waals surface area contributed by atoms with Crippen LogP contribution in [0.3, 0.4) is 0 Å². The lowest BCUT2D eigenvalue weighted by atomic mass is 10.2. The molecule has 0 bridgehead atoms. The molecule has 1 rings (SSSR count). The number of hydrogen-bond acceptors (Lipinski definition) is 1. The first-order valence-corrected chi connectivity index (χ1v) is 5.92. The Bertz CT molecular complexity index is 219. The average Bonchev–Trinajstić information content (AvgIpc) is 2.70. The van der Waals surface area contributed by atoms with Crippen LogP contribution in [-0.2, 0) is 0 Å². The van der Waals surface area contributed by atoms with Gasteiger partial charge in [-0.05, 0) is 38.4 Å². The largest absolute Gasteiger partial charge is 0.299 e. The maximum Gasteiger partial charge on any atom is 0.0227 e. The Morgan fingerprint density at radius 3 is 2.13 bits per heavy atom. The van der Waals surface area contributed by atoms with E-state index in [1.807, 2.05) is 26.8 Å². The van der Waals surface area contributed by atoms with Crippen LogP contribution in [-0.4, -0.2) is 24.5 Å². The summed E-state index contributed by atoms with van der Waals surface area (Å²) < 4.78 is 0. The van der Waals surface area contributed by atoms with Gasteiger partial charge in [0.2, 0.25) is 0 Å². The normalized spacial score (nSPS) is 16.2. The van der Waals surface area contributed by atoms with E-state index in [1.165, 1.54) is 31.5 Å². The maximum atomic E-state index is 4.02. The molecule has 0 spiro atoms. The molecule has 0 radical (unpaired) electrons. The molecule has 0 aromatic heterocycles. The molecule has 0 atom stereocenters. The average molecular weight is 207 g/mol. The van der Waals surface area contributed by atoms with Gasteiger partial charge < -0.3 is 0 Å². The van der Waals surface area contributed by atoms with Crippen LogP contribution in [0.25, 0.3) is 0 Å². The monoisotopic (exact) mass is 207 g/mol. The number of allylic oxidation sites excluding steroid dienone is 2. The van der Waals surface area contributed by atoms with E-state index >= 15 is 0 Å². The van der Waals surface area contributed by atoms with E-state index in [-0.39, 0.29) is 0 Å². The van der Waals surface area contributed by atoms with Gasteiger partial charge in [-0.3, -0.25) is 4.90 Å². The Labute approximate surface area is 95.2 Å². The molecule has 0 amide bonds. The molecule has 1 aliphatic heterocycles. The summed E-state index contributed by atoms with van der Waals surface area (Å²) in [6.45, 7) is 17.3. The lowest BCUT2D eigenvalue weighted by Crippen LogP contribution is -2.20. The Kier molecular flexibility index (Phi) is 8.02. The molecular weight excluding hydrogens is 182 g/mol. The van der Waals surface area contributed by atoms with Crippen LogP contribution in [0, 0.1) is 0 Å². The van der Waals surface area contributed by atoms with Crippen molar-refractivity contribution < 1.29 is 0 Å². The minimum absolute atomic E-state index is 1.02. The van der Waals surface area contributed by atoms with Gasteiger partial charge >= 0.3 is 0 Å². The third-order valence-corrected chi connectivity index (χ3v) is 2.23. The molecule has 1 fully saturated rings. The van der Waals surface area contributed by atoms with Gasteiger partial charge in [0.25, 0.3) is 0 Å². The Hall–Kier alpha value is -0.820. The van der Waals surface area contributed by atoms with Crippen molar-refractivity contribution in [3.8, 4) is 0 Å². The van der Waals surface area contributed by atoms with Crippen LogP contribution >= 0.6 is 0 Å². The molecule has 1 heterocycles. The maximum absolute atomic E-state index is 4.02. The highest BCUT2D eigenvalue weighted by Crippen LogP contribution is 2.09. The zero-order chi connectivity index (χ0) is 11.7. The van der Waals surface area contributed by atoms with Crippen LogP contribution in [0.15, 0.2) is 36.5 Å². The SMILES string of the molecule is C=C(C)/C=C\C(=C)CN1CCCC1.CC. The summed E-state index contributed by atoms with van der Waals surface area (Å²) in [6.07, 6.45) is 6.79. The zero-order valence-corrected chi connectivity index (χ0v) is 10.6. The smallest absolute Gasteiger partial charge is 0.0227 e. The van der Waals surface area contributed by atoms with Crippen molar-refractivity contribution in [3.63, 3.8) is 0 Å². The molecule has 0 saturated carbocycles. The first-order valence-electron chi connectivity index (χ1n) is 5.92. The van der Waals surface area contributed by atoms with Gasteiger partial charge in [0, 0.05) is 6.54 Å². The summed E-state index contributed by atoms with van der Waals surface area (Å²) in [5, 5.41) is 0. The molecule has 0 aliphatic carbocycles. The van der Waals surface area contributed by atoms with Gasteiger partial charge in [-0.15, -0.1) is 0 Å². The summed E-state index contributed by atoms with van der Waals surface area (Å²) in [4.78, 5) is 2.45. The van der Waals surface area contributed by atoms with E-state index in [4.69, 9.17) is 0 Å². The molecule has 15 heavy (non-hydrogen) atoms. The Morgan fingerprint density at radius 1 is 1.13 bits per heavy atom. The van der Waals surface area contributed by atoms with Crippen molar-refractivity contribution in [3.05, 3.63) is 36.5 Å². The number of likely N-dealkylation sites (tertiary alicyclic amines) is 1. The fourth-order valence-electron chi connectivity index (χ4n) is 1.54. The van der Waals surface area contributed by atoms with Gasteiger partial charge in [-0.1, -0.05) is 44.7 Å². The molecular formula is C14H25N. The second kappa shape index (κ2) is 8.49. The Morgan fingerprint density at radius 2 is 1.67 bits per heavy atom. The highest BCUT2D eigenvalue weighted by atomic mass is 15.1. The van der Waals surface area contributed by atoms with E-state index in [0.29, 0.717) is 0 Å². The van der Waals surface area contributed by atoms with Crippen LogP contribution < -0.4 is 0 Å². The van der Waals surface area contributed by atoms with Crippen molar-refractivity contribution in [2.45, 2.75) is 33.6 Å². The van der Waals surface area contributed by atoms with Crippen LogP contribution in [0.2, 0.25) is 0 Å². The summed E-state index contributed by atoms with van der Waals surface area (Å²) in [6, 6.07) is 0. The third-order valence-electron chi connectivity index (χ3n) is 2.23. The van der Waals surface area contributed by atoms with Crippen LogP contribution in [0.5, 0.6) is 0 Å². The van der Waals surface area contributed by atoms with Crippen molar-refractivity contribution >= 4 is 0 Å². The molecule has 1 nitrogen and oxygen atoms in total. The van der Waals surface area contributed by atoms with E-state index in [0.717, 1.165) is 12.1 Å². The molecule has 1 heteroatoms. The summed E-state index contributed by atoms with van der Waals surface area (Å²) in [5.74, 6) is 0. The highest BCUT2D eigenvalue weighted by molar-refractivity contribution is 5.23. The third kappa shape index (κ3) is 7.15. The molecule has 1 saturated heterocycles. The topological polar surface area (TPSA) is 3.24 Å². The minimum atomic E-state index is 1.02. The van der Waals surface area contributed by atoms with Gasteiger partial charge in [0.1, 0.15) is 0 Å². The van der Waals surface area contributed by atoms with E-state index < -0.39 is 0 Å². The highest BCUT2D eigenvalue weighted by Gasteiger charge is 2.10. The van der Waals surface area contributed by atoms with Gasteiger partial charge in [-0.25, -0.2) is 0 Å². The van der Waals surface area contributed by atoms with Gasteiger partial charge in [-0.2, -0.15) is 0 Å².